The fourth-order valence-electron chi connectivity index (χ4n) is 3.87. The number of aryl methyl sites for hydroxylation is 2. The first-order valence-corrected chi connectivity index (χ1v) is 11.7. The van der Waals surface area contributed by atoms with E-state index in [2.05, 4.69) is 10.3 Å². The van der Waals surface area contributed by atoms with Crippen LogP contribution in [0.1, 0.15) is 27.8 Å². The number of fused-ring (bicyclic) bond motifs is 1. The van der Waals surface area contributed by atoms with E-state index >= 15 is 0 Å². The highest BCUT2D eigenvalue weighted by Crippen LogP contribution is 2.24. The molecule has 0 saturated heterocycles. The Bertz CT molecular complexity index is 1380. The van der Waals surface area contributed by atoms with Gasteiger partial charge in [-0.05, 0) is 54.1 Å². The van der Waals surface area contributed by atoms with E-state index in [1.807, 2.05) is 62.4 Å². The molecule has 2 N–H and O–H groups in total. The number of nitrogens with zero attached hydrogens (tertiary/aromatic N) is 1. The van der Waals surface area contributed by atoms with Gasteiger partial charge in [-0.2, -0.15) is 0 Å². The van der Waals surface area contributed by atoms with Crippen LogP contribution in [0.25, 0.3) is 10.9 Å². The molecule has 7 heteroatoms. The van der Waals surface area contributed by atoms with Crippen LogP contribution in [0.3, 0.4) is 0 Å². The highest BCUT2D eigenvalue weighted by molar-refractivity contribution is 6.36. The minimum atomic E-state index is -0.320. The molecule has 0 atom stereocenters. The molecule has 4 aromatic rings. The van der Waals surface area contributed by atoms with Crippen molar-refractivity contribution < 1.29 is 4.79 Å². The lowest BCUT2D eigenvalue weighted by atomic mass is 10.0. The largest absolute Gasteiger partial charge is 0.334 e. The number of aromatic nitrogens is 1. The van der Waals surface area contributed by atoms with Crippen molar-refractivity contribution in [3.05, 3.63) is 115 Å². The molecule has 3 aromatic carbocycles. The van der Waals surface area contributed by atoms with Gasteiger partial charge in [0, 0.05) is 34.3 Å². The van der Waals surface area contributed by atoms with Crippen LogP contribution in [0, 0.1) is 13.8 Å². The molecule has 4 rings (SSSR count). The van der Waals surface area contributed by atoms with Gasteiger partial charge < -0.3 is 15.2 Å². The molecule has 1 heterocycles. The van der Waals surface area contributed by atoms with Crippen LogP contribution in [0.2, 0.25) is 10.0 Å². The quantitative estimate of drug-likeness (QED) is 0.328. The molecular weight excluding hydrogens is 469 g/mol. The van der Waals surface area contributed by atoms with Crippen molar-refractivity contribution in [1.82, 2.24) is 15.2 Å². The van der Waals surface area contributed by atoms with Crippen LogP contribution in [-0.2, 0) is 19.6 Å². The van der Waals surface area contributed by atoms with Gasteiger partial charge >= 0.3 is 6.03 Å². The van der Waals surface area contributed by atoms with E-state index in [1.165, 1.54) is 0 Å². The van der Waals surface area contributed by atoms with E-state index in [0.29, 0.717) is 27.7 Å². The Morgan fingerprint density at radius 2 is 1.65 bits per heavy atom. The maximum absolute atomic E-state index is 13.2. The number of amides is 2. The van der Waals surface area contributed by atoms with Gasteiger partial charge in [-0.1, -0.05) is 71.7 Å². The number of H-pyrrole nitrogens is 1. The lowest BCUT2D eigenvalue weighted by Crippen LogP contribution is -2.40. The zero-order valence-corrected chi connectivity index (χ0v) is 20.5. The van der Waals surface area contributed by atoms with Crippen LogP contribution in [0.15, 0.2) is 71.5 Å². The Morgan fingerprint density at radius 1 is 0.941 bits per heavy atom. The Kier molecular flexibility index (Phi) is 7.25. The first-order chi connectivity index (χ1) is 16.3. The van der Waals surface area contributed by atoms with E-state index in [9.17, 15) is 9.59 Å². The van der Waals surface area contributed by atoms with Crippen LogP contribution in [0.4, 0.5) is 4.79 Å². The van der Waals surface area contributed by atoms with E-state index in [4.69, 9.17) is 23.2 Å². The second-order valence-electron chi connectivity index (χ2n) is 8.30. The van der Waals surface area contributed by atoms with Crippen molar-refractivity contribution in [3.63, 3.8) is 0 Å². The number of aromatic amines is 1. The summed E-state index contributed by atoms with van der Waals surface area (Å²) in [5, 5.41) is 4.80. The van der Waals surface area contributed by atoms with Gasteiger partial charge in [-0.3, -0.25) is 4.79 Å². The van der Waals surface area contributed by atoms with Crippen LogP contribution >= 0.6 is 23.2 Å². The van der Waals surface area contributed by atoms with E-state index in [1.54, 1.807) is 23.1 Å². The zero-order chi connectivity index (χ0) is 24.2. The molecule has 174 valence electrons. The second-order valence-corrected chi connectivity index (χ2v) is 9.11. The summed E-state index contributed by atoms with van der Waals surface area (Å²) in [5.74, 6) is 0. The van der Waals surface area contributed by atoms with Crippen molar-refractivity contribution in [2.24, 2.45) is 0 Å². The number of rotatable bonds is 6. The summed E-state index contributed by atoms with van der Waals surface area (Å²) >= 11 is 12.5. The monoisotopic (exact) mass is 493 g/mol. The molecular formula is C27H25Cl2N3O2. The Hall–Kier alpha value is -3.28. The van der Waals surface area contributed by atoms with Crippen LogP contribution in [-0.4, -0.2) is 15.9 Å². The molecule has 0 aliphatic carbocycles. The van der Waals surface area contributed by atoms with Crippen LogP contribution < -0.4 is 10.9 Å². The molecule has 0 saturated carbocycles. The van der Waals surface area contributed by atoms with Crippen molar-refractivity contribution >= 4 is 40.1 Å². The standard InChI is InChI=1S/C27H25Cl2N3O2/c1-17-11-12-20-13-21(26(33)31-25(20)18(17)2)16-32(15-19-7-4-3-5-8-19)27(34)30-14-22-23(28)9-6-10-24(22)29/h3-13H,14-16H2,1-2H3,(H,30,34)(H,31,33). The van der Waals surface area contributed by atoms with Crippen molar-refractivity contribution in [2.75, 3.05) is 0 Å². The van der Waals surface area contributed by atoms with E-state index in [0.717, 1.165) is 27.6 Å². The predicted octanol–water partition coefficient (Wildman–Crippen LogP) is 6.36. The number of urea groups is 1. The summed E-state index contributed by atoms with van der Waals surface area (Å²) in [5.41, 5.74) is 4.88. The van der Waals surface area contributed by atoms with Gasteiger partial charge in [0.25, 0.3) is 5.56 Å². The summed E-state index contributed by atoms with van der Waals surface area (Å²) < 4.78 is 0. The van der Waals surface area contributed by atoms with Crippen LogP contribution in [0.5, 0.6) is 0 Å². The molecule has 0 bridgehead atoms. The number of carbonyl (C=O) groups excluding carboxylic acids is 1. The fraction of sp³-hybridized carbons (Fsp3) is 0.185. The molecule has 2 amide bonds. The average molecular weight is 494 g/mol. The first kappa shape index (κ1) is 23.9. The number of benzene rings is 3. The summed E-state index contributed by atoms with van der Waals surface area (Å²) in [4.78, 5) is 30.8. The Balaban J connectivity index is 1.62. The van der Waals surface area contributed by atoms with Gasteiger partial charge in [0.15, 0.2) is 0 Å². The summed E-state index contributed by atoms with van der Waals surface area (Å²) in [6.07, 6.45) is 0. The normalized spacial score (nSPS) is 10.9. The number of nitrogens with one attached hydrogen (secondary N) is 2. The van der Waals surface area contributed by atoms with E-state index < -0.39 is 0 Å². The van der Waals surface area contributed by atoms with Gasteiger partial charge in [0.05, 0.1) is 12.1 Å². The predicted molar refractivity (Wildman–Crippen MR) is 138 cm³/mol. The average Bonchev–Trinajstić information content (AvgIpc) is 2.82. The number of hydrogen-bond donors (Lipinski definition) is 2. The summed E-state index contributed by atoms with van der Waals surface area (Å²) in [6, 6.07) is 20.4. The second kappa shape index (κ2) is 10.3. The molecule has 1 aromatic heterocycles. The molecule has 0 unspecified atom stereocenters. The van der Waals surface area contributed by atoms with Crippen molar-refractivity contribution in [2.45, 2.75) is 33.5 Å². The fourth-order valence-corrected chi connectivity index (χ4v) is 4.40. The minimum Gasteiger partial charge on any atom is -0.334 e. The third-order valence-corrected chi connectivity index (χ3v) is 6.68. The van der Waals surface area contributed by atoms with E-state index in [-0.39, 0.29) is 24.7 Å². The van der Waals surface area contributed by atoms with Gasteiger partial charge in [-0.25, -0.2) is 4.79 Å². The Labute approximate surface area is 208 Å². The molecule has 34 heavy (non-hydrogen) atoms. The smallest absolute Gasteiger partial charge is 0.318 e. The first-order valence-electron chi connectivity index (χ1n) is 10.9. The molecule has 0 fully saturated rings. The van der Waals surface area contributed by atoms with Crippen molar-refractivity contribution in [3.8, 4) is 0 Å². The third kappa shape index (κ3) is 5.27. The summed E-state index contributed by atoms with van der Waals surface area (Å²) in [6.45, 7) is 4.66. The van der Waals surface area contributed by atoms with Gasteiger partial charge in [0.2, 0.25) is 0 Å². The number of halogens is 2. The maximum Gasteiger partial charge on any atom is 0.318 e. The zero-order valence-electron chi connectivity index (χ0n) is 19.0. The molecule has 0 aliphatic heterocycles. The third-order valence-electron chi connectivity index (χ3n) is 5.97. The summed E-state index contributed by atoms with van der Waals surface area (Å²) in [7, 11) is 0. The molecule has 0 radical (unpaired) electrons. The lowest BCUT2D eigenvalue weighted by molar-refractivity contribution is 0.191. The highest BCUT2D eigenvalue weighted by atomic mass is 35.5. The number of pyridine rings is 1. The SMILES string of the molecule is Cc1ccc2cc(CN(Cc3ccccc3)C(=O)NCc3c(Cl)cccc3Cl)c(=O)[nH]c2c1C. The number of carbonyl (C=O) groups is 1. The maximum atomic E-state index is 13.2. The molecule has 0 spiro atoms. The van der Waals surface area contributed by atoms with Gasteiger partial charge in [-0.15, -0.1) is 0 Å². The topological polar surface area (TPSA) is 65.2 Å². The van der Waals surface area contributed by atoms with Gasteiger partial charge in [0.1, 0.15) is 0 Å². The van der Waals surface area contributed by atoms with Crippen molar-refractivity contribution in [1.29, 1.82) is 0 Å². The molecule has 0 aliphatic rings. The number of hydrogen-bond acceptors (Lipinski definition) is 2. The lowest BCUT2D eigenvalue weighted by Gasteiger charge is -2.24. The molecule has 5 nitrogen and oxygen atoms in total. The minimum absolute atomic E-state index is 0.148. The highest BCUT2D eigenvalue weighted by Gasteiger charge is 2.18. The Morgan fingerprint density at radius 3 is 2.35 bits per heavy atom.